The van der Waals surface area contributed by atoms with Gasteiger partial charge in [-0.15, -0.1) is 0 Å². The van der Waals surface area contributed by atoms with E-state index in [1.165, 1.54) is 4.31 Å². The van der Waals surface area contributed by atoms with Gasteiger partial charge in [-0.05, 0) is 39.3 Å². The molecule has 25 heavy (non-hydrogen) atoms. The molecule has 1 atom stereocenters. The summed E-state index contributed by atoms with van der Waals surface area (Å²) < 4.78 is 30.5. The zero-order chi connectivity index (χ0) is 18.5. The summed E-state index contributed by atoms with van der Waals surface area (Å²) in [5, 5.41) is 16.7. The number of aryl methyl sites for hydroxylation is 1. The van der Waals surface area contributed by atoms with Crippen molar-refractivity contribution in [1.82, 2.24) is 14.9 Å². The van der Waals surface area contributed by atoms with Crippen molar-refractivity contribution in [3.05, 3.63) is 23.7 Å². The van der Waals surface area contributed by atoms with E-state index in [0.717, 1.165) is 5.76 Å². The Labute approximate surface area is 149 Å². The minimum atomic E-state index is -3.09. The first-order valence-electron chi connectivity index (χ1n) is 8.54. The SMILES string of the molecule is CCNC(=NCC(C)(O)c1ccc(C)o1)NCCN1CCCS1(=O)=O. The van der Waals surface area contributed by atoms with Crippen molar-refractivity contribution in [2.45, 2.75) is 32.8 Å². The normalized spacial score (nSPS) is 20.4. The molecule has 2 heterocycles. The topological polar surface area (TPSA) is 107 Å². The van der Waals surface area contributed by atoms with Crippen molar-refractivity contribution >= 4 is 16.0 Å². The van der Waals surface area contributed by atoms with E-state index < -0.39 is 15.6 Å². The highest BCUT2D eigenvalue weighted by Crippen LogP contribution is 2.23. The molecule has 0 bridgehead atoms. The first kappa shape index (κ1) is 19.7. The average Bonchev–Trinajstić information content (AvgIpc) is 3.11. The van der Waals surface area contributed by atoms with Crippen molar-refractivity contribution in [2.24, 2.45) is 4.99 Å². The summed E-state index contributed by atoms with van der Waals surface area (Å²) in [6.45, 7) is 7.62. The van der Waals surface area contributed by atoms with Crippen LogP contribution in [0.5, 0.6) is 0 Å². The number of nitrogens with zero attached hydrogens (tertiary/aromatic N) is 2. The second-order valence-corrected chi connectivity index (χ2v) is 8.46. The van der Waals surface area contributed by atoms with Gasteiger partial charge in [-0.25, -0.2) is 17.7 Å². The van der Waals surface area contributed by atoms with E-state index in [-0.39, 0.29) is 12.3 Å². The molecular weight excluding hydrogens is 344 g/mol. The van der Waals surface area contributed by atoms with E-state index >= 15 is 0 Å². The minimum Gasteiger partial charge on any atom is -0.463 e. The van der Waals surface area contributed by atoms with Gasteiger partial charge in [0.1, 0.15) is 17.1 Å². The molecule has 0 saturated carbocycles. The molecule has 0 aliphatic carbocycles. The van der Waals surface area contributed by atoms with E-state index in [2.05, 4.69) is 15.6 Å². The summed E-state index contributed by atoms with van der Waals surface area (Å²) in [5.41, 5.74) is -1.21. The van der Waals surface area contributed by atoms with Crippen LogP contribution in [0.4, 0.5) is 0 Å². The predicted molar refractivity (Wildman–Crippen MR) is 97.0 cm³/mol. The zero-order valence-electron chi connectivity index (χ0n) is 15.1. The molecule has 0 amide bonds. The van der Waals surface area contributed by atoms with Gasteiger partial charge in [0.2, 0.25) is 10.0 Å². The Morgan fingerprint density at radius 1 is 1.44 bits per heavy atom. The molecule has 0 spiro atoms. The fourth-order valence-corrected chi connectivity index (χ4v) is 4.15. The quantitative estimate of drug-likeness (QED) is 0.472. The highest BCUT2D eigenvalue weighted by atomic mass is 32.2. The zero-order valence-corrected chi connectivity index (χ0v) is 15.9. The molecule has 3 N–H and O–H groups in total. The number of furan rings is 1. The Morgan fingerprint density at radius 3 is 2.76 bits per heavy atom. The maximum Gasteiger partial charge on any atom is 0.214 e. The molecule has 2 rings (SSSR count). The number of aliphatic imine (C=N–C) groups is 1. The Morgan fingerprint density at radius 2 is 2.20 bits per heavy atom. The van der Waals surface area contributed by atoms with Crippen molar-refractivity contribution < 1.29 is 17.9 Å². The number of hydrogen-bond donors (Lipinski definition) is 3. The lowest BCUT2D eigenvalue weighted by Gasteiger charge is -2.20. The number of guanidine groups is 1. The van der Waals surface area contributed by atoms with Crippen LogP contribution in [-0.2, 0) is 15.6 Å². The minimum absolute atomic E-state index is 0.122. The highest BCUT2D eigenvalue weighted by Gasteiger charge is 2.28. The van der Waals surface area contributed by atoms with Gasteiger partial charge in [0.25, 0.3) is 0 Å². The van der Waals surface area contributed by atoms with Gasteiger partial charge in [-0.1, -0.05) is 0 Å². The lowest BCUT2D eigenvalue weighted by molar-refractivity contribution is 0.0428. The fourth-order valence-electron chi connectivity index (χ4n) is 2.62. The molecule has 0 aromatic carbocycles. The third kappa shape index (κ3) is 5.45. The van der Waals surface area contributed by atoms with Crippen molar-refractivity contribution in [3.8, 4) is 0 Å². The van der Waals surface area contributed by atoms with Gasteiger partial charge >= 0.3 is 0 Å². The second kappa shape index (κ2) is 8.20. The van der Waals surface area contributed by atoms with Gasteiger partial charge in [0.05, 0.1) is 12.3 Å². The molecule has 1 aliphatic heterocycles. The summed E-state index contributed by atoms with van der Waals surface area (Å²) >= 11 is 0. The fraction of sp³-hybridized carbons (Fsp3) is 0.688. The van der Waals surface area contributed by atoms with E-state index in [4.69, 9.17) is 4.42 Å². The molecule has 1 saturated heterocycles. The van der Waals surface area contributed by atoms with E-state index in [1.54, 1.807) is 19.1 Å². The van der Waals surface area contributed by atoms with Crippen LogP contribution in [-0.4, -0.2) is 62.3 Å². The molecule has 9 heteroatoms. The van der Waals surface area contributed by atoms with Crippen molar-refractivity contribution in [1.29, 1.82) is 0 Å². The van der Waals surface area contributed by atoms with E-state index in [1.807, 2.05) is 13.8 Å². The number of nitrogens with one attached hydrogen (secondary N) is 2. The molecule has 142 valence electrons. The smallest absolute Gasteiger partial charge is 0.214 e. The highest BCUT2D eigenvalue weighted by molar-refractivity contribution is 7.89. The number of hydrogen-bond acceptors (Lipinski definition) is 5. The molecule has 0 radical (unpaired) electrons. The molecule has 1 unspecified atom stereocenters. The summed E-state index contributed by atoms with van der Waals surface area (Å²) in [6.07, 6.45) is 0.682. The van der Waals surface area contributed by atoms with Crippen molar-refractivity contribution in [3.63, 3.8) is 0 Å². The van der Waals surface area contributed by atoms with Gasteiger partial charge in [0, 0.05) is 26.2 Å². The second-order valence-electron chi connectivity index (χ2n) is 6.37. The third-order valence-corrected chi connectivity index (χ3v) is 5.97. The maximum absolute atomic E-state index is 11.8. The first-order valence-corrected chi connectivity index (χ1v) is 10.1. The maximum atomic E-state index is 11.8. The summed E-state index contributed by atoms with van der Waals surface area (Å²) in [7, 11) is -3.09. The number of sulfonamides is 1. The summed E-state index contributed by atoms with van der Waals surface area (Å²) in [5.74, 6) is 1.96. The molecule has 1 aliphatic rings. The van der Waals surface area contributed by atoms with Crippen LogP contribution in [0.3, 0.4) is 0 Å². The molecule has 1 aromatic heterocycles. The standard InChI is InChI=1S/C16H28N4O4S/c1-4-17-15(18-8-10-20-9-5-11-25(20,22)23)19-12-16(3,21)14-7-6-13(2)24-14/h6-7,21H,4-5,8-12H2,1-3H3,(H2,17,18,19). The van der Waals surface area contributed by atoms with Gasteiger partial charge in [-0.3, -0.25) is 0 Å². The van der Waals surface area contributed by atoms with Crippen LogP contribution in [0.1, 0.15) is 31.8 Å². The van der Waals surface area contributed by atoms with E-state index in [0.29, 0.717) is 44.3 Å². The predicted octanol–water partition coefficient (Wildman–Crippen LogP) is 0.386. The average molecular weight is 372 g/mol. The summed E-state index contributed by atoms with van der Waals surface area (Å²) in [4.78, 5) is 4.39. The number of rotatable bonds is 7. The Balaban J connectivity index is 1.91. The molecule has 8 nitrogen and oxygen atoms in total. The lowest BCUT2D eigenvalue weighted by atomic mass is 10.0. The Hall–Kier alpha value is -1.58. The first-order chi connectivity index (χ1) is 11.7. The molecular formula is C16H28N4O4S. The van der Waals surface area contributed by atoms with Crippen LogP contribution in [0, 0.1) is 6.92 Å². The Kier molecular flexibility index (Phi) is 6.47. The van der Waals surface area contributed by atoms with Gasteiger partial charge in [0.15, 0.2) is 5.96 Å². The summed E-state index contributed by atoms with van der Waals surface area (Å²) in [6, 6.07) is 3.54. The molecule has 1 fully saturated rings. The largest absolute Gasteiger partial charge is 0.463 e. The van der Waals surface area contributed by atoms with Crippen LogP contribution < -0.4 is 10.6 Å². The van der Waals surface area contributed by atoms with Crippen LogP contribution in [0.15, 0.2) is 21.5 Å². The van der Waals surface area contributed by atoms with E-state index in [9.17, 15) is 13.5 Å². The number of aliphatic hydroxyl groups is 1. The lowest BCUT2D eigenvalue weighted by Crippen LogP contribution is -2.42. The Bertz CT molecular complexity index is 697. The van der Waals surface area contributed by atoms with Crippen LogP contribution in [0.2, 0.25) is 0 Å². The third-order valence-electron chi connectivity index (χ3n) is 4.02. The van der Waals surface area contributed by atoms with Crippen LogP contribution in [0.25, 0.3) is 0 Å². The van der Waals surface area contributed by atoms with Crippen molar-refractivity contribution in [2.75, 3.05) is 38.5 Å². The monoisotopic (exact) mass is 372 g/mol. The van der Waals surface area contributed by atoms with Gasteiger partial charge < -0.3 is 20.2 Å². The molecule has 1 aromatic rings. The van der Waals surface area contributed by atoms with Gasteiger partial charge in [-0.2, -0.15) is 0 Å². The van der Waals surface area contributed by atoms with Crippen LogP contribution >= 0.6 is 0 Å².